The van der Waals surface area contributed by atoms with Gasteiger partial charge in [0.15, 0.2) is 6.10 Å². The van der Waals surface area contributed by atoms with Crippen LogP contribution in [0.4, 0.5) is 0 Å². The Bertz CT molecular complexity index is 238. The maximum atomic E-state index is 11.5. The largest absolute Gasteiger partial charge is 0.381 e. The molecule has 1 aliphatic carbocycles. The lowest BCUT2D eigenvalue weighted by molar-refractivity contribution is -0.144. The first-order valence-electron chi connectivity index (χ1n) is 6.21. The molecule has 0 aromatic heterocycles. The normalized spacial score (nSPS) is 30.9. The lowest BCUT2D eigenvalue weighted by Crippen LogP contribution is -2.45. The third-order valence-corrected chi connectivity index (χ3v) is 3.24. The molecule has 17 heavy (non-hydrogen) atoms. The van der Waals surface area contributed by atoms with Crippen LogP contribution in [0.25, 0.3) is 0 Å². The summed E-state index contributed by atoms with van der Waals surface area (Å²) in [6.45, 7) is 4.68. The molecule has 0 radical (unpaired) electrons. The van der Waals surface area contributed by atoms with E-state index in [0.717, 1.165) is 12.8 Å². The summed E-state index contributed by atoms with van der Waals surface area (Å²) in [6.07, 6.45) is 2.77. The number of nitrogens with two attached hydrogens (primary N) is 1. The van der Waals surface area contributed by atoms with Gasteiger partial charge in [0.1, 0.15) is 0 Å². The number of methoxy groups -OCH3 is 1. The summed E-state index contributed by atoms with van der Waals surface area (Å²) in [5.74, 6) is 6.10. The van der Waals surface area contributed by atoms with Gasteiger partial charge in [-0.1, -0.05) is 13.8 Å². The number of carbonyl (C=O) groups excluding carboxylic acids is 1. The van der Waals surface area contributed by atoms with Gasteiger partial charge in [0.25, 0.3) is 5.91 Å². The predicted octanol–water partition coefficient (Wildman–Crippen LogP) is 0.833. The molecule has 5 heteroatoms. The second-order valence-electron chi connectivity index (χ2n) is 5.13. The lowest BCUT2D eigenvalue weighted by Gasteiger charge is -2.33. The third kappa shape index (κ3) is 4.61. The van der Waals surface area contributed by atoms with Crippen molar-refractivity contribution in [1.29, 1.82) is 0 Å². The Morgan fingerprint density at radius 2 is 1.94 bits per heavy atom. The number of hydrazine groups is 1. The van der Waals surface area contributed by atoms with Gasteiger partial charge >= 0.3 is 0 Å². The van der Waals surface area contributed by atoms with Gasteiger partial charge in [0, 0.05) is 7.11 Å². The molecule has 3 atom stereocenters. The molecular weight excluding hydrogens is 220 g/mol. The van der Waals surface area contributed by atoms with Crippen LogP contribution in [0.1, 0.15) is 33.1 Å². The van der Waals surface area contributed by atoms with E-state index in [-0.39, 0.29) is 18.6 Å². The Hall–Kier alpha value is -0.650. The zero-order valence-electron chi connectivity index (χ0n) is 10.9. The highest BCUT2D eigenvalue weighted by atomic mass is 16.5. The van der Waals surface area contributed by atoms with E-state index in [9.17, 15) is 4.79 Å². The molecule has 1 fully saturated rings. The second-order valence-corrected chi connectivity index (χ2v) is 5.13. The average molecular weight is 244 g/mol. The molecule has 1 saturated carbocycles. The van der Waals surface area contributed by atoms with Gasteiger partial charge in [-0.05, 0) is 31.1 Å². The molecule has 5 nitrogen and oxygen atoms in total. The average Bonchev–Trinajstić information content (AvgIpc) is 2.26. The molecule has 0 aromatic rings. The van der Waals surface area contributed by atoms with Gasteiger partial charge in [-0.25, -0.2) is 5.84 Å². The monoisotopic (exact) mass is 244 g/mol. The van der Waals surface area contributed by atoms with Crippen molar-refractivity contribution in [2.24, 2.45) is 17.7 Å². The molecule has 3 unspecified atom stereocenters. The van der Waals surface area contributed by atoms with Gasteiger partial charge in [-0.3, -0.25) is 10.2 Å². The smallest absolute Gasteiger partial charge is 0.265 e. The minimum Gasteiger partial charge on any atom is -0.381 e. The van der Waals surface area contributed by atoms with E-state index in [4.69, 9.17) is 15.3 Å². The van der Waals surface area contributed by atoms with Crippen LogP contribution in [0.2, 0.25) is 0 Å². The molecule has 0 bridgehead atoms. The Morgan fingerprint density at radius 1 is 1.35 bits per heavy atom. The molecule has 1 aliphatic rings. The van der Waals surface area contributed by atoms with Crippen molar-refractivity contribution in [2.75, 3.05) is 13.7 Å². The highest BCUT2D eigenvalue weighted by Gasteiger charge is 2.29. The first-order valence-corrected chi connectivity index (χ1v) is 6.21. The quantitative estimate of drug-likeness (QED) is 0.427. The highest BCUT2D eigenvalue weighted by molar-refractivity contribution is 5.80. The maximum Gasteiger partial charge on any atom is 0.265 e. The molecule has 0 aliphatic heterocycles. The van der Waals surface area contributed by atoms with Crippen molar-refractivity contribution in [3.8, 4) is 0 Å². The SMILES string of the molecule is COCC(OC1CC(C)CC(C)C1)C(=O)NN. The highest BCUT2D eigenvalue weighted by Crippen LogP contribution is 2.30. The number of rotatable bonds is 5. The summed E-state index contributed by atoms with van der Waals surface area (Å²) in [5, 5.41) is 0. The minimum absolute atomic E-state index is 0.131. The first kappa shape index (κ1) is 14.4. The Labute approximate surface area is 103 Å². The fourth-order valence-electron chi connectivity index (χ4n) is 2.64. The van der Waals surface area contributed by atoms with E-state index < -0.39 is 6.10 Å². The van der Waals surface area contributed by atoms with Crippen LogP contribution in [-0.2, 0) is 14.3 Å². The van der Waals surface area contributed by atoms with Crippen LogP contribution < -0.4 is 11.3 Å². The fraction of sp³-hybridized carbons (Fsp3) is 0.917. The molecule has 1 rings (SSSR count). The summed E-state index contributed by atoms with van der Waals surface area (Å²) >= 11 is 0. The molecule has 100 valence electrons. The molecule has 0 heterocycles. The molecule has 1 amide bonds. The van der Waals surface area contributed by atoms with Crippen LogP contribution in [0.15, 0.2) is 0 Å². The number of carbonyl (C=O) groups is 1. The Morgan fingerprint density at radius 3 is 2.41 bits per heavy atom. The van der Waals surface area contributed by atoms with Gasteiger partial charge in [-0.2, -0.15) is 0 Å². The van der Waals surface area contributed by atoms with Crippen LogP contribution in [-0.4, -0.2) is 31.8 Å². The molecule has 0 aromatic carbocycles. The third-order valence-electron chi connectivity index (χ3n) is 3.24. The standard InChI is InChI=1S/C12H24N2O3/c1-8-4-9(2)6-10(5-8)17-11(7-16-3)12(15)14-13/h8-11H,4-7,13H2,1-3H3,(H,14,15). The van der Waals surface area contributed by atoms with Crippen molar-refractivity contribution in [1.82, 2.24) is 5.43 Å². The summed E-state index contributed by atoms with van der Waals surface area (Å²) < 4.78 is 10.8. The maximum absolute atomic E-state index is 11.5. The summed E-state index contributed by atoms with van der Waals surface area (Å²) in [7, 11) is 1.55. The van der Waals surface area contributed by atoms with Gasteiger partial charge in [0.2, 0.25) is 0 Å². The van der Waals surface area contributed by atoms with Crippen molar-refractivity contribution in [3.63, 3.8) is 0 Å². The zero-order chi connectivity index (χ0) is 12.8. The predicted molar refractivity (Wildman–Crippen MR) is 65.0 cm³/mol. The fourth-order valence-corrected chi connectivity index (χ4v) is 2.64. The summed E-state index contributed by atoms with van der Waals surface area (Å²) in [5.41, 5.74) is 2.12. The molecular formula is C12H24N2O3. The van der Waals surface area contributed by atoms with E-state index in [1.165, 1.54) is 6.42 Å². The number of hydrogen-bond acceptors (Lipinski definition) is 4. The number of nitrogens with one attached hydrogen (secondary N) is 1. The Balaban J connectivity index is 2.50. The van der Waals surface area contributed by atoms with Gasteiger partial charge in [-0.15, -0.1) is 0 Å². The van der Waals surface area contributed by atoms with Crippen molar-refractivity contribution < 1.29 is 14.3 Å². The van der Waals surface area contributed by atoms with E-state index in [2.05, 4.69) is 19.3 Å². The van der Waals surface area contributed by atoms with Crippen molar-refractivity contribution in [2.45, 2.75) is 45.3 Å². The second kappa shape index (κ2) is 6.93. The lowest BCUT2D eigenvalue weighted by atomic mass is 9.82. The number of ether oxygens (including phenoxy) is 2. The van der Waals surface area contributed by atoms with Crippen molar-refractivity contribution in [3.05, 3.63) is 0 Å². The van der Waals surface area contributed by atoms with Crippen LogP contribution in [0, 0.1) is 11.8 Å². The Kier molecular flexibility index (Phi) is 5.88. The molecule has 0 spiro atoms. The topological polar surface area (TPSA) is 73.6 Å². The van der Waals surface area contributed by atoms with Crippen LogP contribution in [0.5, 0.6) is 0 Å². The van der Waals surface area contributed by atoms with Gasteiger partial charge < -0.3 is 9.47 Å². The zero-order valence-corrected chi connectivity index (χ0v) is 10.9. The number of hydrogen-bond donors (Lipinski definition) is 2. The van der Waals surface area contributed by atoms with Crippen LogP contribution >= 0.6 is 0 Å². The van der Waals surface area contributed by atoms with Crippen molar-refractivity contribution >= 4 is 5.91 Å². The summed E-state index contributed by atoms with van der Waals surface area (Å²) in [6, 6.07) is 0. The van der Waals surface area contributed by atoms with E-state index >= 15 is 0 Å². The van der Waals surface area contributed by atoms with E-state index in [0.29, 0.717) is 11.8 Å². The van der Waals surface area contributed by atoms with E-state index in [1.54, 1.807) is 7.11 Å². The van der Waals surface area contributed by atoms with Crippen LogP contribution in [0.3, 0.4) is 0 Å². The molecule has 3 N–H and O–H groups in total. The number of amides is 1. The minimum atomic E-state index is -0.604. The molecule has 0 saturated heterocycles. The van der Waals surface area contributed by atoms with Gasteiger partial charge in [0.05, 0.1) is 12.7 Å². The first-order chi connectivity index (χ1) is 8.06. The summed E-state index contributed by atoms with van der Waals surface area (Å²) in [4.78, 5) is 11.5. The van der Waals surface area contributed by atoms with E-state index in [1.807, 2.05) is 0 Å².